The number of nitrogens with one attached hydrogen (secondary N) is 1. The Morgan fingerprint density at radius 1 is 1.31 bits per heavy atom. The molecule has 3 aromatic rings. The summed E-state index contributed by atoms with van der Waals surface area (Å²) >= 11 is 7.61. The van der Waals surface area contributed by atoms with E-state index in [9.17, 15) is 4.79 Å². The number of carbonyl (C=O) groups is 1. The molecule has 0 radical (unpaired) electrons. The smallest absolute Gasteiger partial charge is 0.230 e. The monoisotopic (exact) mass is 390 g/mol. The predicted molar refractivity (Wildman–Crippen MR) is 101 cm³/mol. The molecule has 1 N–H and O–H groups in total. The first kappa shape index (κ1) is 16.9. The Kier molecular flexibility index (Phi) is 4.57. The number of thiazole rings is 1. The molecule has 1 aromatic heterocycles. The third-order valence-corrected chi connectivity index (χ3v) is 5.08. The Morgan fingerprint density at radius 2 is 2.15 bits per heavy atom. The Balaban J connectivity index is 1.49. The van der Waals surface area contributed by atoms with Crippen LogP contribution in [0.4, 0.5) is 5.13 Å². The van der Waals surface area contributed by atoms with E-state index >= 15 is 0 Å². The standard InChI is InChI=1S/C18H15ClN2O4S/c1-23-11-2-3-13-15(9-11)26-18(20-13)21-16(22)8-10-6-12(19)17-14(7-10)24-4-5-25-17/h2-3,6-7,9H,4-5,8H2,1H3,(H,20,21,22). The number of ether oxygens (including phenoxy) is 3. The summed E-state index contributed by atoms with van der Waals surface area (Å²) in [7, 11) is 1.61. The number of halogens is 1. The number of carbonyl (C=O) groups excluding carboxylic acids is 1. The van der Waals surface area contributed by atoms with Crippen LogP contribution in [0.2, 0.25) is 5.02 Å². The first-order valence-corrected chi connectivity index (χ1v) is 9.14. The number of hydrogen-bond acceptors (Lipinski definition) is 6. The number of nitrogens with zero attached hydrogens (tertiary/aromatic N) is 1. The fourth-order valence-electron chi connectivity index (χ4n) is 2.70. The third kappa shape index (κ3) is 3.40. The van der Waals surface area contributed by atoms with Crippen molar-refractivity contribution in [2.75, 3.05) is 25.6 Å². The molecule has 0 saturated carbocycles. The first-order valence-electron chi connectivity index (χ1n) is 7.95. The van der Waals surface area contributed by atoms with Gasteiger partial charge in [-0.05, 0) is 35.9 Å². The minimum atomic E-state index is -0.177. The SMILES string of the molecule is COc1ccc2nc(NC(=O)Cc3cc(Cl)c4c(c3)OCCO4)sc2c1. The molecular formula is C18H15ClN2O4S. The molecule has 2 heterocycles. The number of rotatable bonds is 4. The molecule has 0 fully saturated rings. The van der Waals surface area contributed by atoms with Crippen molar-refractivity contribution in [3.63, 3.8) is 0 Å². The Labute approximate surface area is 158 Å². The van der Waals surface area contributed by atoms with Crippen molar-refractivity contribution in [3.05, 3.63) is 40.9 Å². The third-order valence-electron chi connectivity index (χ3n) is 3.86. The molecule has 0 spiro atoms. The molecule has 0 unspecified atom stereocenters. The lowest BCUT2D eigenvalue weighted by Crippen LogP contribution is -2.17. The molecule has 0 atom stereocenters. The zero-order chi connectivity index (χ0) is 18.1. The van der Waals surface area contributed by atoms with Crippen molar-refractivity contribution < 1.29 is 19.0 Å². The van der Waals surface area contributed by atoms with Crippen LogP contribution in [0, 0.1) is 0 Å². The molecule has 1 amide bonds. The van der Waals surface area contributed by atoms with E-state index in [2.05, 4.69) is 10.3 Å². The van der Waals surface area contributed by atoms with E-state index in [-0.39, 0.29) is 12.3 Å². The van der Waals surface area contributed by atoms with Gasteiger partial charge in [0.05, 0.1) is 28.8 Å². The van der Waals surface area contributed by atoms with Crippen molar-refractivity contribution in [1.29, 1.82) is 0 Å². The summed E-state index contributed by atoms with van der Waals surface area (Å²) in [5.74, 6) is 1.68. The minimum absolute atomic E-state index is 0.162. The fourth-order valence-corrected chi connectivity index (χ4v) is 3.90. The van der Waals surface area contributed by atoms with E-state index in [0.29, 0.717) is 34.9 Å². The van der Waals surface area contributed by atoms with Crippen molar-refractivity contribution in [2.45, 2.75) is 6.42 Å². The fraction of sp³-hybridized carbons (Fsp3) is 0.222. The van der Waals surface area contributed by atoms with Gasteiger partial charge in [-0.1, -0.05) is 22.9 Å². The molecule has 0 aliphatic carbocycles. The highest BCUT2D eigenvalue weighted by Crippen LogP contribution is 2.38. The second-order valence-electron chi connectivity index (χ2n) is 5.68. The average molecular weight is 391 g/mol. The predicted octanol–water partition coefficient (Wildman–Crippen LogP) is 3.91. The van der Waals surface area contributed by atoms with E-state index in [1.165, 1.54) is 11.3 Å². The van der Waals surface area contributed by atoms with Gasteiger partial charge in [-0.25, -0.2) is 4.98 Å². The van der Waals surface area contributed by atoms with Gasteiger partial charge in [-0.2, -0.15) is 0 Å². The number of aromatic nitrogens is 1. The van der Waals surface area contributed by atoms with Crippen LogP contribution in [-0.4, -0.2) is 31.2 Å². The van der Waals surface area contributed by atoms with Gasteiger partial charge in [-0.15, -0.1) is 0 Å². The van der Waals surface area contributed by atoms with Gasteiger partial charge < -0.3 is 19.5 Å². The molecule has 0 saturated heterocycles. The summed E-state index contributed by atoms with van der Waals surface area (Å²) in [6.07, 6.45) is 0.162. The van der Waals surface area contributed by atoms with E-state index in [1.54, 1.807) is 19.2 Å². The molecule has 8 heteroatoms. The highest BCUT2D eigenvalue weighted by Gasteiger charge is 2.18. The van der Waals surface area contributed by atoms with E-state index < -0.39 is 0 Å². The molecule has 1 aliphatic rings. The molecule has 2 aromatic carbocycles. The largest absolute Gasteiger partial charge is 0.497 e. The van der Waals surface area contributed by atoms with Gasteiger partial charge in [0.2, 0.25) is 5.91 Å². The van der Waals surface area contributed by atoms with E-state index in [1.807, 2.05) is 18.2 Å². The van der Waals surface area contributed by atoms with Crippen molar-refractivity contribution >= 4 is 44.2 Å². The Hall–Kier alpha value is -2.51. The molecule has 0 bridgehead atoms. The van der Waals surface area contributed by atoms with Gasteiger partial charge in [-0.3, -0.25) is 4.79 Å². The maximum absolute atomic E-state index is 12.4. The molecule has 4 rings (SSSR count). The molecular weight excluding hydrogens is 376 g/mol. The number of amides is 1. The maximum atomic E-state index is 12.4. The summed E-state index contributed by atoms with van der Waals surface area (Å²) in [6, 6.07) is 9.09. The van der Waals surface area contributed by atoms with E-state index in [0.717, 1.165) is 21.5 Å². The summed E-state index contributed by atoms with van der Waals surface area (Å²) < 4.78 is 17.2. The summed E-state index contributed by atoms with van der Waals surface area (Å²) in [5.41, 5.74) is 1.56. The Bertz CT molecular complexity index is 989. The molecule has 134 valence electrons. The molecule has 1 aliphatic heterocycles. The normalized spacial score (nSPS) is 12.8. The zero-order valence-corrected chi connectivity index (χ0v) is 15.4. The van der Waals surface area contributed by atoms with Crippen molar-refractivity contribution in [1.82, 2.24) is 4.98 Å². The van der Waals surface area contributed by atoms with Gasteiger partial charge in [0.25, 0.3) is 0 Å². The van der Waals surface area contributed by atoms with Crippen molar-refractivity contribution in [2.24, 2.45) is 0 Å². The number of methoxy groups -OCH3 is 1. The minimum Gasteiger partial charge on any atom is -0.497 e. The van der Waals surface area contributed by atoms with Crippen LogP contribution in [0.15, 0.2) is 30.3 Å². The van der Waals surface area contributed by atoms with Crippen LogP contribution < -0.4 is 19.5 Å². The van der Waals surface area contributed by atoms with E-state index in [4.69, 9.17) is 25.8 Å². The van der Waals surface area contributed by atoms with Crippen LogP contribution >= 0.6 is 22.9 Å². The highest BCUT2D eigenvalue weighted by atomic mass is 35.5. The second-order valence-corrected chi connectivity index (χ2v) is 7.12. The van der Waals surface area contributed by atoms with Gasteiger partial charge in [0, 0.05) is 0 Å². The van der Waals surface area contributed by atoms with Crippen LogP contribution in [0.25, 0.3) is 10.2 Å². The summed E-state index contributed by atoms with van der Waals surface area (Å²) in [6.45, 7) is 0.934. The zero-order valence-electron chi connectivity index (χ0n) is 13.9. The van der Waals surface area contributed by atoms with Crippen LogP contribution in [0.5, 0.6) is 17.2 Å². The lowest BCUT2D eigenvalue weighted by Gasteiger charge is -2.20. The first-order chi connectivity index (χ1) is 12.6. The van der Waals surface area contributed by atoms with Gasteiger partial charge in [0.1, 0.15) is 19.0 Å². The van der Waals surface area contributed by atoms with Crippen LogP contribution in [0.1, 0.15) is 5.56 Å². The number of fused-ring (bicyclic) bond motifs is 2. The average Bonchev–Trinajstić information content (AvgIpc) is 3.02. The van der Waals surface area contributed by atoms with Gasteiger partial charge in [0.15, 0.2) is 16.6 Å². The second kappa shape index (κ2) is 7.01. The lowest BCUT2D eigenvalue weighted by atomic mass is 10.1. The maximum Gasteiger partial charge on any atom is 0.230 e. The number of benzene rings is 2. The number of anilines is 1. The van der Waals surface area contributed by atoms with Crippen LogP contribution in [0.3, 0.4) is 0 Å². The van der Waals surface area contributed by atoms with Gasteiger partial charge >= 0.3 is 0 Å². The molecule has 26 heavy (non-hydrogen) atoms. The molecule has 6 nitrogen and oxygen atoms in total. The highest BCUT2D eigenvalue weighted by molar-refractivity contribution is 7.22. The topological polar surface area (TPSA) is 69.7 Å². The quantitative estimate of drug-likeness (QED) is 0.731. The summed E-state index contributed by atoms with van der Waals surface area (Å²) in [4.78, 5) is 16.8. The van der Waals surface area contributed by atoms with Crippen LogP contribution in [-0.2, 0) is 11.2 Å². The van der Waals surface area contributed by atoms with Crippen molar-refractivity contribution in [3.8, 4) is 17.2 Å². The lowest BCUT2D eigenvalue weighted by molar-refractivity contribution is -0.115. The summed E-state index contributed by atoms with van der Waals surface area (Å²) in [5, 5.41) is 3.81. The Morgan fingerprint density at radius 3 is 3.00 bits per heavy atom. The number of hydrogen-bond donors (Lipinski definition) is 1.